The van der Waals surface area contributed by atoms with Crippen LogP contribution in [0, 0.1) is 11.3 Å². The predicted octanol–water partition coefficient (Wildman–Crippen LogP) is 1.96. The third kappa shape index (κ3) is 5.58. The lowest BCUT2D eigenvalue weighted by Gasteiger charge is -2.04. The standard InChI is InChI=1S/C18H16N6O3S2/c19-11-13-1-5-14(6-2-13)16(25)22-18-24-23-17(28-18)21-10-9-12-3-7-15(8-4-12)29(20,26)27/h1-8H,9-10H2,(H,21,23)(H2,20,26,27)(H,22,24,25). The number of hydrogen-bond acceptors (Lipinski definition) is 8. The van der Waals surface area contributed by atoms with Gasteiger partial charge in [-0.05, 0) is 48.4 Å². The Morgan fingerprint density at radius 1 is 1.07 bits per heavy atom. The second-order valence-corrected chi connectivity index (χ2v) is 8.46. The number of hydrogen-bond donors (Lipinski definition) is 3. The summed E-state index contributed by atoms with van der Waals surface area (Å²) in [5.74, 6) is -0.341. The van der Waals surface area contributed by atoms with Gasteiger partial charge in [-0.25, -0.2) is 13.6 Å². The third-order valence-electron chi connectivity index (χ3n) is 3.86. The summed E-state index contributed by atoms with van der Waals surface area (Å²) in [7, 11) is -3.69. The second-order valence-electron chi connectivity index (χ2n) is 5.92. The average Bonchev–Trinajstić information content (AvgIpc) is 3.15. The average molecular weight is 428 g/mol. The van der Waals surface area contributed by atoms with Crippen molar-refractivity contribution in [1.29, 1.82) is 5.26 Å². The molecule has 4 N–H and O–H groups in total. The molecule has 3 aromatic rings. The summed E-state index contributed by atoms with van der Waals surface area (Å²) in [5.41, 5.74) is 1.82. The molecule has 1 amide bonds. The Kier molecular flexibility index (Phi) is 6.18. The normalized spacial score (nSPS) is 10.9. The first kappa shape index (κ1) is 20.4. The zero-order valence-corrected chi connectivity index (χ0v) is 16.6. The van der Waals surface area contributed by atoms with Gasteiger partial charge in [-0.1, -0.05) is 23.5 Å². The van der Waals surface area contributed by atoms with E-state index in [9.17, 15) is 13.2 Å². The van der Waals surface area contributed by atoms with Crippen LogP contribution >= 0.6 is 11.3 Å². The lowest BCUT2D eigenvalue weighted by atomic mass is 10.1. The van der Waals surface area contributed by atoms with Gasteiger partial charge in [0, 0.05) is 12.1 Å². The zero-order valence-electron chi connectivity index (χ0n) is 15.0. The Hall–Kier alpha value is -3.33. The van der Waals surface area contributed by atoms with E-state index < -0.39 is 10.0 Å². The van der Waals surface area contributed by atoms with Crippen LogP contribution in [0.5, 0.6) is 0 Å². The SMILES string of the molecule is N#Cc1ccc(C(=O)Nc2nnc(NCCc3ccc(S(N)(=O)=O)cc3)s2)cc1. The van der Waals surface area contributed by atoms with Gasteiger partial charge < -0.3 is 5.32 Å². The van der Waals surface area contributed by atoms with E-state index in [0.29, 0.717) is 34.4 Å². The molecule has 0 fully saturated rings. The first-order chi connectivity index (χ1) is 13.8. The lowest BCUT2D eigenvalue weighted by Crippen LogP contribution is -2.12. The van der Waals surface area contributed by atoms with Crippen LogP contribution in [0.15, 0.2) is 53.4 Å². The summed E-state index contributed by atoms with van der Waals surface area (Å²) in [6, 6.07) is 14.6. The molecule has 9 nitrogen and oxygen atoms in total. The highest BCUT2D eigenvalue weighted by molar-refractivity contribution is 7.89. The van der Waals surface area contributed by atoms with E-state index in [4.69, 9.17) is 10.4 Å². The number of benzene rings is 2. The van der Waals surface area contributed by atoms with Gasteiger partial charge in [-0.2, -0.15) is 5.26 Å². The lowest BCUT2D eigenvalue weighted by molar-refractivity contribution is 0.102. The summed E-state index contributed by atoms with van der Waals surface area (Å²) in [5, 5.41) is 28.4. The number of nitriles is 1. The first-order valence-corrected chi connectivity index (χ1v) is 10.7. The molecule has 1 heterocycles. The van der Waals surface area contributed by atoms with Crippen molar-refractivity contribution in [3.63, 3.8) is 0 Å². The van der Waals surface area contributed by atoms with Gasteiger partial charge in [0.05, 0.1) is 16.5 Å². The number of carbonyl (C=O) groups excluding carboxylic acids is 1. The number of rotatable bonds is 7. The minimum absolute atomic E-state index is 0.0704. The minimum atomic E-state index is -3.69. The maximum Gasteiger partial charge on any atom is 0.257 e. The molecule has 0 bridgehead atoms. The quantitative estimate of drug-likeness (QED) is 0.520. The molecule has 29 heavy (non-hydrogen) atoms. The van der Waals surface area contributed by atoms with Gasteiger partial charge in [0.1, 0.15) is 0 Å². The van der Waals surface area contributed by atoms with Crippen molar-refractivity contribution in [3.05, 3.63) is 65.2 Å². The Morgan fingerprint density at radius 2 is 1.72 bits per heavy atom. The summed E-state index contributed by atoms with van der Waals surface area (Å²) in [4.78, 5) is 12.3. The Balaban J connectivity index is 1.51. The number of anilines is 2. The van der Waals surface area contributed by atoms with E-state index in [2.05, 4.69) is 20.8 Å². The van der Waals surface area contributed by atoms with Crippen LogP contribution in [0.25, 0.3) is 0 Å². The van der Waals surface area contributed by atoms with Gasteiger partial charge in [-0.3, -0.25) is 10.1 Å². The van der Waals surface area contributed by atoms with Gasteiger partial charge in [0.25, 0.3) is 5.91 Å². The number of primary sulfonamides is 1. The van der Waals surface area contributed by atoms with Crippen LogP contribution in [-0.2, 0) is 16.4 Å². The van der Waals surface area contributed by atoms with Gasteiger partial charge in [0.15, 0.2) is 0 Å². The predicted molar refractivity (Wildman–Crippen MR) is 109 cm³/mol. The van der Waals surface area contributed by atoms with Gasteiger partial charge in [0.2, 0.25) is 20.3 Å². The molecular formula is C18H16N6O3S2. The van der Waals surface area contributed by atoms with Crippen LogP contribution in [0.1, 0.15) is 21.5 Å². The van der Waals surface area contributed by atoms with Crippen LogP contribution < -0.4 is 15.8 Å². The molecule has 148 valence electrons. The molecule has 2 aromatic carbocycles. The summed E-state index contributed by atoms with van der Waals surface area (Å²) < 4.78 is 22.5. The Bertz CT molecular complexity index is 1150. The van der Waals surface area contributed by atoms with Crippen LogP contribution in [0.4, 0.5) is 10.3 Å². The largest absolute Gasteiger partial charge is 0.360 e. The van der Waals surface area contributed by atoms with Crippen molar-refractivity contribution in [1.82, 2.24) is 10.2 Å². The number of amides is 1. The van der Waals surface area contributed by atoms with E-state index in [1.54, 1.807) is 36.4 Å². The number of carbonyl (C=O) groups is 1. The smallest absolute Gasteiger partial charge is 0.257 e. The highest BCUT2D eigenvalue weighted by Gasteiger charge is 2.11. The number of nitrogens with zero attached hydrogens (tertiary/aromatic N) is 3. The fraction of sp³-hybridized carbons (Fsp3) is 0.111. The number of aromatic nitrogens is 2. The molecule has 1 aromatic heterocycles. The molecule has 0 radical (unpaired) electrons. The Morgan fingerprint density at radius 3 is 2.34 bits per heavy atom. The van der Waals surface area contributed by atoms with Crippen LogP contribution in [-0.4, -0.2) is 31.1 Å². The summed E-state index contributed by atoms with van der Waals surface area (Å²) in [6.45, 7) is 0.549. The molecule has 0 aliphatic rings. The van der Waals surface area contributed by atoms with Crippen molar-refractivity contribution in [2.45, 2.75) is 11.3 Å². The molecule has 11 heteroatoms. The number of nitrogens with one attached hydrogen (secondary N) is 2. The van der Waals surface area contributed by atoms with Gasteiger partial charge >= 0.3 is 0 Å². The highest BCUT2D eigenvalue weighted by atomic mass is 32.2. The molecule has 0 unspecified atom stereocenters. The van der Waals surface area contributed by atoms with E-state index in [1.807, 2.05) is 6.07 Å². The zero-order chi connectivity index (χ0) is 20.9. The van der Waals surface area contributed by atoms with E-state index in [-0.39, 0.29) is 10.8 Å². The van der Waals surface area contributed by atoms with Crippen molar-refractivity contribution >= 4 is 37.5 Å². The van der Waals surface area contributed by atoms with Crippen LogP contribution in [0.3, 0.4) is 0 Å². The molecule has 0 saturated carbocycles. The number of nitrogens with two attached hydrogens (primary N) is 1. The monoisotopic (exact) mass is 428 g/mol. The maximum atomic E-state index is 12.2. The molecule has 0 atom stereocenters. The van der Waals surface area contributed by atoms with Gasteiger partial charge in [-0.15, -0.1) is 10.2 Å². The van der Waals surface area contributed by atoms with Crippen molar-refractivity contribution < 1.29 is 13.2 Å². The summed E-state index contributed by atoms with van der Waals surface area (Å²) >= 11 is 1.19. The van der Waals surface area contributed by atoms with Crippen molar-refractivity contribution in [3.8, 4) is 6.07 Å². The maximum absolute atomic E-state index is 12.2. The van der Waals surface area contributed by atoms with E-state index in [1.165, 1.54) is 23.5 Å². The third-order valence-corrected chi connectivity index (χ3v) is 5.59. The van der Waals surface area contributed by atoms with E-state index in [0.717, 1.165) is 5.56 Å². The van der Waals surface area contributed by atoms with Crippen LogP contribution in [0.2, 0.25) is 0 Å². The molecule has 0 spiro atoms. The minimum Gasteiger partial charge on any atom is -0.360 e. The first-order valence-electron chi connectivity index (χ1n) is 8.36. The molecular weight excluding hydrogens is 412 g/mol. The second kappa shape index (κ2) is 8.78. The molecule has 0 aliphatic heterocycles. The number of sulfonamides is 1. The van der Waals surface area contributed by atoms with E-state index >= 15 is 0 Å². The topological polar surface area (TPSA) is 151 Å². The fourth-order valence-corrected chi connectivity index (χ4v) is 3.55. The van der Waals surface area contributed by atoms with Crippen molar-refractivity contribution in [2.75, 3.05) is 17.2 Å². The van der Waals surface area contributed by atoms with Crippen molar-refractivity contribution in [2.24, 2.45) is 5.14 Å². The molecule has 3 rings (SSSR count). The highest BCUT2D eigenvalue weighted by Crippen LogP contribution is 2.21. The Labute approximate surface area is 171 Å². The molecule has 0 saturated heterocycles. The summed E-state index contributed by atoms with van der Waals surface area (Å²) in [6.07, 6.45) is 0.636. The molecule has 0 aliphatic carbocycles. The fourth-order valence-electron chi connectivity index (χ4n) is 2.37.